The highest BCUT2D eigenvalue weighted by atomic mass is 14.6. The Morgan fingerprint density at radius 1 is 1.42 bits per heavy atom. The van der Waals surface area contributed by atoms with Crippen LogP contribution in [0.5, 0.6) is 0 Å². The maximum atomic E-state index is 8.47. The lowest BCUT2D eigenvalue weighted by Crippen LogP contribution is -1.83. The van der Waals surface area contributed by atoms with Gasteiger partial charge in [0.2, 0.25) is 0 Å². The van der Waals surface area contributed by atoms with Crippen molar-refractivity contribution in [1.29, 1.82) is 5.26 Å². The van der Waals surface area contributed by atoms with Gasteiger partial charge in [0.25, 0.3) is 0 Å². The van der Waals surface area contributed by atoms with E-state index in [-0.39, 0.29) is 0 Å². The van der Waals surface area contributed by atoms with Crippen molar-refractivity contribution in [3.8, 4) is 6.07 Å². The molecule has 0 saturated carbocycles. The molecule has 2 heteroatoms. The molecule has 0 bridgehead atoms. The van der Waals surface area contributed by atoms with E-state index in [1.807, 2.05) is 32.9 Å². The Balaban J connectivity index is 0.000000561. The molecule has 0 radical (unpaired) electrons. The topological polar surface area (TPSA) is 36.7 Å². The third-order valence-electron chi connectivity index (χ3n) is 1.33. The fraction of sp³-hybridized carbons (Fsp3) is 0.400. The molecule has 64 valence electrons. The average molecular weight is 162 g/mol. The Morgan fingerprint density at radius 2 is 2.08 bits per heavy atom. The van der Waals surface area contributed by atoms with Gasteiger partial charge in [-0.05, 0) is 18.1 Å². The van der Waals surface area contributed by atoms with Gasteiger partial charge >= 0.3 is 0 Å². The van der Waals surface area contributed by atoms with Crippen molar-refractivity contribution in [2.24, 2.45) is 0 Å². The van der Waals surface area contributed by atoms with Crippen LogP contribution in [-0.4, -0.2) is 4.98 Å². The second-order valence-corrected chi connectivity index (χ2v) is 2.05. The second-order valence-electron chi connectivity index (χ2n) is 2.05. The molecule has 0 fully saturated rings. The third-order valence-corrected chi connectivity index (χ3v) is 1.33. The zero-order valence-corrected chi connectivity index (χ0v) is 7.83. The van der Waals surface area contributed by atoms with E-state index in [2.05, 4.69) is 4.98 Å². The van der Waals surface area contributed by atoms with Crippen molar-refractivity contribution in [1.82, 2.24) is 4.98 Å². The second kappa shape index (κ2) is 6.36. The van der Waals surface area contributed by atoms with Crippen LogP contribution in [0, 0.1) is 11.3 Å². The molecule has 1 heterocycles. The van der Waals surface area contributed by atoms with Crippen LogP contribution in [-0.2, 0) is 6.42 Å². The Bertz CT molecular complexity index is 261. The van der Waals surface area contributed by atoms with Crippen LogP contribution in [0.2, 0.25) is 0 Å². The summed E-state index contributed by atoms with van der Waals surface area (Å²) in [6, 6.07) is 3.89. The van der Waals surface area contributed by atoms with E-state index >= 15 is 0 Å². The van der Waals surface area contributed by atoms with Gasteiger partial charge in [0.1, 0.15) is 6.07 Å². The molecule has 0 atom stereocenters. The summed E-state index contributed by atoms with van der Waals surface area (Å²) in [7, 11) is 0. The van der Waals surface area contributed by atoms with Gasteiger partial charge in [0, 0.05) is 12.4 Å². The zero-order valence-electron chi connectivity index (χ0n) is 7.83. The summed E-state index contributed by atoms with van der Waals surface area (Å²) < 4.78 is 0. The Kier molecular flexibility index (Phi) is 5.64. The molecular weight excluding hydrogens is 148 g/mol. The van der Waals surface area contributed by atoms with Gasteiger partial charge in [-0.3, -0.25) is 4.98 Å². The highest BCUT2D eigenvalue weighted by Gasteiger charge is 1.91. The number of pyridine rings is 1. The highest BCUT2D eigenvalue weighted by Crippen LogP contribution is 2.00. The Hall–Kier alpha value is -1.36. The largest absolute Gasteiger partial charge is 0.263 e. The summed E-state index contributed by atoms with van der Waals surface area (Å²) in [5, 5.41) is 8.47. The van der Waals surface area contributed by atoms with E-state index in [9.17, 15) is 0 Å². The Morgan fingerprint density at radius 3 is 2.58 bits per heavy atom. The van der Waals surface area contributed by atoms with Crippen molar-refractivity contribution < 1.29 is 0 Å². The average Bonchev–Trinajstić information content (AvgIpc) is 2.21. The quantitative estimate of drug-likeness (QED) is 0.636. The highest BCUT2D eigenvalue weighted by molar-refractivity contribution is 5.28. The van der Waals surface area contributed by atoms with Crippen molar-refractivity contribution in [3.63, 3.8) is 0 Å². The van der Waals surface area contributed by atoms with Gasteiger partial charge in [0.05, 0.1) is 5.56 Å². The molecule has 0 aromatic carbocycles. The monoisotopic (exact) mass is 162 g/mol. The molecule has 0 N–H and O–H groups in total. The number of aryl methyl sites for hydroxylation is 1. The minimum Gasteiger partial charge on any atom is -0.263 e. The van der Waals surface area contributed by atoms with Crippen LogP contribution in [0.3, 0.4) is 0 Å². The van der Waals surface area contributed by atoms with E-state index in [1.165, 1.54) is 0 Å². The van der Waals surface area contributed by atoms with Crippen molar-refractivity contribution >= 4 is 0 Å². The number of rotatable bonds is 1. The lowest BCUT2D eigenvalue weighted by molar-refractivity contribution is 1.10. The Labute approximate surface area is 73.9 Å². The fourth-order valence-corrected chi connectivity index (χ4v) is 0.742. The van der Waals surface area contributed by atoms with E-state index in [1.54, 1.807) is 12.4 Å². The summed E-state index contributed by atoms with van der Waals surface area (Å²) in [6.07, 6.45) is 4.28. The molecule has 1 aromatic heterocycles. The lowest BCUT2D eigenvalue weighted by Gasteiger charge is -1.92. The van der Waals surface area contributed by atoms with Crippen LogP contribution in [0.15, 0.2) is 18.5 Å². The molecule has 0 aliphatic carbocycles. The van der Waals surface area contributed by atoms with Gasteiger partial charge in [-0.25, -0.2) is 0 Å². The van der Waals surface area contributed by atoms with Gasteiger partial charge in [0.15, 0.2) is 0 Å². The smallest absolute Gasteiger partial charge is 0.101 e. The van der Waals surface area contributed by atoms with Crippen LogP contribution in [0.25, 0.3) is 0 Å². The first-order valence-corrected chi connectivity index (χ1v) is 4.21. The maximum Gasteiger partial charge on any atom is 0.101 e. The lowest BCUT2D eigenvalue weighted by atomic mass is 10.2. The number of hydrogen-bond donors (Lipinski definition) is 0. The van der Waals surface area contributed by atoms with E-state index < -0.39 is 0 Å². The molecule has 0 saturated heterocycles. The van der Waals surface area contributed by atoms with Gasteiger partial charge < -0.3 is 0 Å². The first-order chi connectivity index (χ1) is 5.86. The molecular formula is C10H14N2. The SMILES string of the molecule is CC.CCc1cncc(C#N)c1. The molecule has 1 rings (SSSR count). The minimum absolute atomic E-state index is 0.638. The van der Waals surface area contributed by atoms with E-state index in [0.717, 1.165) is 12.0 Å². The van der Waals surface area contributed by atoms with E-state index in [0.29, 0.717) is 5.56 Å². The minimum atomic E-state index is 0.638. The summed E-state index contributed by atoms with van der Waals surface area (Å²) >= 11 is 0. The molecule has 0 amide bonds. The number of nitrogens with zero attached hydrogens (tertiary/aromatic N) is 2. The summed E-state index contributed by atoms with van der Waals surface area (Å²) in [6.45, 7) is 6.04. The van der Waals surface area contributed by atoms with Crippen molar-refractivity contribution in [3.05, 3.63) is 29.6 Å². The van der Waals surface area contributed by atoms with E-state index in [4.69, 9.17) is 5.26 Å². The first-order valence-electron chi connectivity index (χ1n) is 4.21. The predicted molar refractivity (Wildman–Crippen MR) is 49.7 cm³/mol. The maximum absolute atomic E-state index is 8.47. The molecule has 12 heavy (non-hydrogen) atoms. The molecule has 2 nitrogen and oxygen atoms in total. The number of hydrogen-bond acceptors (Lipinski definition) is 2. The fourth-order valence-electron chi connectivity index (χ4n) is 0.742. The molecule has 0 aliphatic rings. The molecule has 1 aromatic rings. The van der Waals surface area contributed by atoms with Crippen LogP contribution >= 0.6 is 0 Å². The van der Waals surface area contributed by atoms with Crippen molar-refractivity contribution in [2.75, 3.05) is 0 Å². The van der Waals surface area contributed by atoms with Gasteiger partial charge in [-0.15, -0.1) is 0 Å². The predicted octanol–water partition coefficient (Wildman–Crippen LogP) is 2.54. The number of aromatic nitrogens is 1. The van der Waals surface area contributed by atoms with Crippen LogP contribution < -0.4 is 0 Å². The van der Waals surface area contributed by atoms with Gasteiger partial charge in [-0.2, -0.15) is 5.26 Å². The standard InChI is InChI=1S/C8H8N2.C2H6/c1-2-7-3-8(4-9)6-10-5-7;1-2/h3,5-6H,2H2,1H3;1-2H3. The summed E-state index contributed by atoms with van der Waals surface area (Å²) in [5.74, 6) is 0. The van der Waals surface area contributed by atoms with Crippen LogP contribution in [0.1, 0.15) is 31.9 Å². The summed E-state index contributed by atoms with van der Waals surface area (Å²) in [4.78, 5) is 3.90. The molecule has 0 spiro atoms. The van der Waals surface area contributed by atoms with Crippen molar-refractivity contribution in [2.45, 2.75) is 27.2 Å². The molecule has 0 unspecified atom stereocenters. The first kappa shape index (κ1) is 10.6. The third kappa shape index (κ3) is 3.16. The summed E-state index contributed by atoms with van der Waals surface area (Å²) in [5.41, 5.74) is 1.75. The zero-order chi connectivity index (χ0) is 9.40. The van der Waals surface area contributed by atoms with Gasteiger partial charge in [-0.1, -0.05) is 20.8 Å². The van der Waals surface area contributed by atoms with Crippen LogP contribution in [0.4, 0.5) is 0 Å². The number of nitriles is 1. The molecule has 0 aliphatic heterocycles. The normalized spacial score (nSPS) is 7.83.